The quantitative estimate of drug-likeness (QED) is 0.903. The molecule has 0 fully saturated rings. The van der Waals surface area contributed by atoms with Crippen LogP contribution in [0, 0.1) is 11.6 Å². The number of nitrogens with one attached hydrogen (secondary N) is 2. The van der Waals surface area contributed by atoms with E-state index in [4.69, 9.17) is 0 Å². The third-order valence-corrected chi connectivity index (χ3v) is 4.83. The van der Waals surface area contributed by atoms with Crippen molar-refractivity contribution in [2.75, 3.05) is 10.0 Å². The number of hydrogen-bond donors (Lipinski definition) is 2. The van der Waals surface area contributed by atoms with E-state index in [-0.39, 0.29) is 22.9 Å². The van der Waals surface area contributed by atoms with E-state index in [1.165, 1.54) is 18.2 Å². The fourth-order valence-corrected chi connectivity index (χ4v) is 3.40. The maximum absolute atomic E-state index is 13.2. The molecular formula is C15H12F2N2O3S. The number of hydrogen-bond acceptors (Lipinski definition) is 3. The van der Waals surface area contributed by atoms with Crippen molar-refractivity contribution in [3.05, 3.63) is 53.6 Å². The summed E-state index contributed by atoms with van der Waals surface area (Å²) in [7, 11) is -3.94. The van der Waals surface area contributed by atoms with Crippen LogP contribution in [-0.4, -0.2) is 14.3 Å². The minimum absolute atomic E-state index is 0.0165. The van der Waals surface area contributed by atoms with E-state index in [0.29, 0.717) is 17.7 Å². The molecule has 23 heavy (non-hydrogen) atoms. The highest BCUT2D eigenvalue weighted by Crippen LogP contribution is 2.26. The summed E-state index contributed by atoms with van der Waals surface area (Å²) in [6.45, 7) is 0. The zero-order valence-electron chi connectivity index (χ0n) is 11.8. The first-order valence-corrected chi connectivity index (χ1v) is 8.24. The van der Waals surface area contributed by atoms with Gasteiger partial charge in [0.25, 0.3) is 10.0 Å². The Kier molecular flexibility index (Phi) is 3.77. The average molecular weight is 338 g/mol. The zero-order chi connectivity index (χ0) is 16.6. The predicted molar refractivity (Wildman–Crippen MR) is 80.6 cm³/mol. The second-order valence-electron chi connectivity index (χ2n) is 5.10. The molecule has 2 aromatic carbocycles. The molecule has 0 radical (unpaired) electrons. The Bertz CT molecular complexity index is 898. The summed E-state index contributed by atoms with van der Waals surface area (Å²) >= 11 is 0. The first kappa shape index (κ1) is 15.4. The molecule has 0 saturated carbocycles. The topological polar surface area (TPSA) is 75.3 Å². The Morgan fingerprint density at radius 2 is 1.78 bits per heavy atom. The van der Waals surface area contributed by atoms with Gasteiger partial charge in [0.15, 0.2) is 11.6 Å². The fraction of sp³-hybridized carbons (Fsp3) is 0.133. The monoisotopic (exact) mass is 338 g/mol. The van der Waals surface area contributed by atoms with Gasteiger partial charge in [0, 0.05) is 18.2 Å². The Labute approximate surface area is 131 Å². The lowest BCUT2D eigenvalue weighted by atomic mass is 10.0. The lowest BCUT2D eigenvalue weighted by Gasteiger charge is -2.17. The molecule has 0 bridgehead atoms. The van der Waals surface area contributed by atoms with Crippen molar-refractivity contribution in [1.29, 1.82) is 0 Å². The van der Waals surface area contributed by atoms with Gasteiger partial charge in [0.2, 0.25) is 5.91 Å². The van der Waals surface area contributed by atoms with Crippen LogP contribution in [0.15, 0.2) is 41.3 Å². The predicted octanol–water partition coefficient (Wildman–Crippen LogP) is 2.65. The number of benzene rings is 2. The van der Waals surface area contributed by atoms with E-state index in [0.717, 1.165) is 18.2 Å². The van der Waals surface area contributed by atoms with Gasteiger partial charge in [-0.1, -0.05) is 0 Å². The molecule has 0 unspecified atom stereocenters. The summed E-state index contributed by atoms with van der Waals surface area (Å²) in [6.07, 6.45) is 0.725. The molecule has 3 rings (SSSR count). The molecule has 1 amide bonds. The molecule has 0 aromatic heterocycles. The number of fused-ring (bicyclic) bond motifs is 1. The smallest absolute Gasteiger partial charge is 0.261 e. The Balaban J connectivity index is 1.90. The van der Waals surface area contributed by atoms with Crippen LogP contribution in [0.5, 0.6) is 0 Å². The molecule has 5 nitrogen and oxygen atoms in total. The van der Waals surface area contributed by atoms with Crippen LogP contribution in [0.2, 0.25) is 0 Å². The fourth-order valence-electron chi connectivity index (χ4n) is 2.30. The first-order valence-electron chi connectivity index (χ1n) is 6.76. The van der Waals surface area contributed by atoms with Crippen LogP contribution in [0.1, 0.15) is 12.0 Å². The Hall–Kier alpha value is -2.48. The van der Waals surface area contributed by atoms with Gasteiger partial charge in [-0.05, 0) is 42.3 Å². The van der Waals surface area contributed by atoms with Crippen LogP contribution in [0.4, 0.5) is 20.2 Å². The maximum Gasteiger partial charge on any atom is 0.261 e. The highest BCUT2D eigenvalue weighted by atomic mass is 32.2. The SMILES string of the molecule is O=C1CCc2cc(S(=O)(=O)Nc3ccc(F)c(F)c3)ccc2N1. The lowest BCUT2D eigenvalue weighted by Crippen LogP contribution is -2.20. The van der Waals surface area contributed by atoms with Gasteiger partial charge in [-0.2, -0.15) is 0 Å². The average Bonchev–Trinajstić information content (AvgIpc) is 2.50. The third-order valence-electron chi connectivity index (χ3n) is 3.45. The molecule has 1 aliphatic rings. The van der Waals surface area contributed by atoms with E-state index in [1.807, 2.05) is 0 Å². The number of anilines is 2. The number of aryl methyl sites for hydroxylation is 1. The molecule has 2 N–H and O–H groups in total. The van der Waals surface area contributed by atoms with E-state index in [9.17, 15) is 22.0 Å². The molecular weight excluding hydrogens is 326 g/mol. The van der Waals surface area contributed by atoms with Crippen molar-refractivity contribution in [2.45, 2.75) is 17.7 Å². The summed E-state index contributed by atoms with van der Waals surface area (Å²) in [5.74, 6) is -2.32. The zero-order valence-corrected chi connectivity index (χ0v) is 12.6. The third kappa shape index (κ3) is 3.16. The molecule has 8 heteroatoms. The number of rotatable bonds is 3. The first-order chi connectivity index (χ1) is 10.8. The lowest BCUT2D eigenvalue weighted by molar-refractivity contribution is -0.116. The highest BCUT2D eigenvalue weighted by molar-refractivity contribution is 7.92. The van der Waals surface area contributed by atoms with Gasteiger partial charge in [-0.3, -0.25) is 9.52 Å². The minimum atomic E-state index is -3.94. The number of halogens is 2. The molecule has 0 atom stereocenters. The minimum Gasteiger partial charge on any atom is -0.326 e. The van der Waals surface area contributed by atoms with Crippen LogP contribution in [0.25, 0.3) is 0 Å². The summed E-state index contributed by atoms with van der Waals surface area (Å²) in [6, 6.07) is 7.05. The van der Waals surface area contributed by atoms with Crippen molar-refractivity contribution >= 4 is 27.3 Å². The number of carbonyl (C=O) groups excluding carboxylic acids is 1. The second-order valence-corrected chi connectivity index (χ2v) is 6.78. The van der Waals surface area contributed by atoms with Crippen molar-refractivity contribution in [1.82, 2.24) is 0 Å². The highest BCUT2D eigenvalue weighted by Gasteiger charge is 2.20. The summed E-state index contributed by atoms with van der Waals surface area (Å²) in [5.41, 5.74) is 1.21. The van der Waals surface area contributed by atoms with Gasteiger partial charge in [-0.15, -0.1) is 0 Å². The molecule has 0 spiro atoms. The molecule has 0 aliphatic carbocycles. The van der Waals surface area contributed by atoms with Gasteiger partial charge in [0.05, 0.1) is 10.6 Å². The van der Waals surface area contributed by atoms with Crippen molar-refractivity contribution in [3.8, 4) is 0 Å². The molecule has 2 aromatic rings. The maximum atomic E-state index is 13.2. The van der Waals surface area contributed by atoms with Crippen molar-refractivity contribution < 1.29 is 22.0 Å². The Morgan fingerprint density at radius 3 is 2.52 bits per heavy atom. The van der Waals surface area contributed by atoms with Gasteiger partial charge in [-0.25, -0.2) is 17.2 Å². The van der Waals surface area contributed by atoms with E-state index in [1.54, 1.807) is 0 Å². The Morgan fingerprint density at radius 1 is 1.00 bits per heavy atom. The normalized spacial score (nSPS) is 14.1. The summed E-state index contributed by atoms with van der Waals surface area (Å²) < 4.78 is 52.9. The van der Waals surface area contributed by atoms with E-state index in [2.05, 4.69) is 10.0 Å². The van der Waals surface area contributed by atoms with E-state index < -0.39 is 21.7 Å². The largest absolute Gasteiger partial charge is 0.326 e. The summed E-state index contributed by atoms with van der Waals surface area (Å²) in [5, 5.41) is 2.66. The van der Waals surface area contributed by atoms with E-state index >= 15 is 0 Å². The summed E-state index contributed by atoms with van der Waals surface area (Å²) in [4.78, 5) is 11.3. The molecule has 0 saturated heterocycles. The number of carbonyl (C=O) groups is 1. The number of amides is 1. The van der Waals surface area contributed by atoms with Crippen LogP contribution < -0.4 is 10.0 Å². The molecule has 120 valence electrons. The van der Waals surface area contributed by atoms with Gasteiger partial charge >= 0.3 is 0 Å². The van der Waals surface area contributed by atoms with Crippen LogP contribution in [0.3, 0.4) is 0 Å². The van der Waals surface area contributed by atoms with Gasteiger partial charge in [0.1, 0.15) is 0 Å². The van der Waals surface area contributed by atoms with Crippen LogP contribution in [-0.2, 0) is 21.2 Å². The van der Waals surface area contributed by atoms with Crippen molar-refractivity contribution in [2.24, 2.45) is 0 Å². The van der Waals surface area contributed by atoms with Crippen LogP contribution >= 0.6 is 0 Å². The van der Waals surface area contributed by atoms with Gasteiger partial charge < -0.3 is 5.32 Å². The second kappa shape index (κ2) is 5.62. The van der Waals surface area contributed by atoms with Crippen molar-refractivity contribution in [3.63, 3.8) is 0 Å². The molecule has 1 heterocycles. The number of sulfonamides is 1. The molecule has 1 aliphatic heterocycles. The standard InChI is InChI=1S/C15H12F2N2O3S/c16-12-4-2-10(8-13(12)17)19-23(21,22)11-3-5-14-9(7-11)1-6-15(20)18-14/h2-5,7-8,19H,1,6H2,(H,18,20).